The van der Waals surface area contributed by atoms with Gasteiger partial charge in [-0.2, -0.15) is 0 Å². The third kappa shape index (κ3) is 2.43. The Bertz CT molecular complexity index is 572. The van der Waals surface area contributed by atoms with E-state index in [0.717, 1.165) is 6.42 Å². The Morgan fingerprint density at radius 2 is 1.47 bits per heavy atom. The first-order valence-electron chi connectivity index (χ1n) is 6.91. The third-order valence-electron chi connectivity index (χ3n) is 4.17. The normalized spacial score (nSPS) is 14.2. The number of hydrogen-bond donors (Lipinski definition) is 1. The zero-order chi connectivity index (χ0) is 14.0. The van der Waals surface area contributed by atoms with Crippen LogP contribution in [-0.4, -0.2) is 0 Å². The first-order valence-corrected chi connectivity index (χ1v) is 6.91. The zero-order valence-electron chi connectivity index (χ0n) is 12.3. The Hall–Kier alpha value is -1.60. The van der Waals surface area contributed by atoms with Crippen LogP contribution in [0, 0.1) is 20.8 Å². The van der Waals surface area contributed by atoms with E-state index in [2.05, 4.69) is 64.1 Å². The van der Waals surface area contributed by atoms with Gasteiger partial charge in [-0.15, -0.1) is 0 Å². The number of hydrogen-bond acceptors (Lipinski definition) is 1. The summed E-state index contributed by atoms with van der Waals surface area (Å²) in [7, 11) is 0. The molecular weight excluding hydrogens is 230 g/mol. The molecule has 1 atom stereocenters. The molecule has 2 aromatic carbocycles. The molecule has 2 rings (SSSR count). The molecule has 0 spiro atoms. The molecule has 0 radical (unpaired) electrons. The van der Waals surface area contributed by atoms with E-state index in [1.54, 1.807) is 0 Å². The van der Waals surface area contributed by atoms with Crippen molar-refractivity contribution in [3.63, 3.8) is 0 Å². The summed E-state index contributed by atoms with van der Waals surface area (Å²) in [6.45, 7) is 8.61. The molecule has 0 aliphatic rings. The summed E-state index contributed by atoms with van der Waals surface area (Å²) in [4.78, 5) is 0. The van der Waals surface area contributed by atoms with Crippen LogP contribution in [0.2, 0.25) is 0 Å². The molecule has 0 saturated carbocycles. The van der Waals surface area contributed by atoms with Crippen molar-refractivity contribution in [1.82, 2.24) is 0 Å². The van der Waals surface area contributed by atoms with Crippen molar-refractivity contribution in [3.05, 3.63) is 70.3 Å². The van der Waals surface area contributed by atoms with Crippen molar-refractivity contribution >= 4 is 0 Å². The first kappa shape index (κ1) is 13.8. The fourth-order valence-corrected chi connectivity index (χ4v) is 2.73. The van der Waals surface area contributed by atoms with E-state index >= 15 is 0 Å². The molecule has 0 aromatic heterocycles. The summed E-state index contributed by atoms with van der Waals surface area (Å²) in [6, 6.07) is 14.9. The van der Waals surface area contributed by atoms with Gasteiger partial charge in [0.25, 0.3) is 0 Å². The lowest BCUT2D eigenvalue weighted by Gasteiger charge is -2.32. The number of nitrogens with two attached hydrogens (primary N) is 1. The molecule has 1 heteroatoms. The van der Waals surface area contributed by atoms with Crippen molar-refractivity contribution < 1.29 is 0 Å². The Kier molecular flexibility index (Phi) is 3.77. The molecule has 2 aromatic rings. The number of rotatable bonds is 3. The summed E-state index contributed by atoms with van der Waals surface area (Å²) < 4.78 is 0. The van der Waals surface area contributed by atoms with E-state index in [9.17, 15) is 0 Å². The van der Waals surface area contributed by atoms with Crippen LogP contribution in [0.1, 0.15) is 41.2 Å². The maximum Gasteiger partial charge on any atom is 0.0665 e. The zero-order valence-corrected chi connectivity index (χ0v) is 12.3. The average molecular weight is 253 g/mol. The second kappa shape index (κ2) is 5.18. The van der Waals surface area contributed by atoms with Crippen LogP contribution < -0.4 is 5.73 Å². The highest BCUT2D eigenvalue weighted by Gasteiger charge is 2.29. The van der Waals surface area contributed by atoms with Gasteiger partial charge in [0.15, 0.2) is 0 Å². The largest absolute Gasteiger partial charge is 0.318 e. The van der Waals surface area contributed by atoms with E-state index < -0.39 is 5.54 Å². The molecule has 0 bridgehead atoms. The Labute approximate surface area is 116 Å². The quantitative estimate of drug-likeness (QED) is 0.870. The fourth-order valence-electron chi connectivity index (χ4n) is 2.73. The van der Waals surface area contributed by atoms with Crippen molar-refractivity contribution in [3.8, 4) is 0 Å². The standard InChI is InChI=1S/C18H23N/c1-5-18(19,16-9-7-6-8-10-16)17-12-14(3)13(2)11-15(17)4/h6-12H,5,19H2,1-4H3. The molecule has 0 heterocycles. The van der Waals surface area contributed by atoms with E-state index in [1.165, 1.54) is 27.8 Å². The molecule has 1 nitrogen and oxygen atoms in total. The maximum absolute atomic E-state index is 6.76. The van der Waals surface area contributed by atoms with Crippen LogP contribution in [0.4, 0.5) is 0 Å². The van der Waals surface area contributed by atoms with Crippen LogP contribution in [0.15, 0.2) is 42.5 Å². The van der Waals surface area contributed by atoms with Gasteiger partial charge in [0, 0.05) is 0 Å². The Balaban J connectivity index is 2.63. The van der Waals surface area contributed by atoms with Crippen LogP contribution in [0.5, 0.6) is 0 Å². The molecule has 0 amide bonds. The maximum atomic E-state index is 6.76. The third-order valence-corrected chi connectivity index (χ3v) is 4.17. The second-order valence-corrected chi connectivity index (χ2v) is 5.44. The van der Waals surface area contributed by atoms with Gasteiger partial charge in [0.1, 0.15) is 0 Å². The molecule has 0 fully saturated rings. The number of aryl methyl sites for hydroxylation is 3. The smallest absolute Gasteiger partial charge is 0.0665 e. The van der Waals surface area contributed by atoms with Gasteiger partial charge in [0.05, 0.1) is 5.54 Å². The van der Waals surface area contributed by atoms with E-state index in [4.69, 9.17) is 5.73 Å². The summed E-state index contributed by atoms with van der Waals surface area (Å²) in [5, 5.41) is 0. The minimum Gasteiger partial charge on any atom is -0.318 e. The minimum absolute atomic E-state index is 0.399. The van der Waals surface area contributed by atoms with Gasteiger partial charge >= 0.3 is 0 Å². The van der Waals surface area contributed by atoms with Crippen LogP contribution >= 0.6 is 0 Å². The first-order chi connectivity index (χ1) is 8.99. The van der Waals surface area contributed by atoms with Crippen LogP contribution in [-0.2, 0) is 5.54 Å². The average Bonchev–Trinajstić information content (AvgIpc) is 2.43. The minimum atomic E-state index is -0.399. The molecule has 2 N–H and O–H groups in total. The topological polar surface area (TPSA) is 26.0 Å². The SMILES string of the molecule is CCC(N)(c1ccccc1)c1cc(C)c(C)cc1C. The summed E-state index contributed by atoms with van der Waals surface area (Å²) in [6.07, 6.45) is 0.889. The highest BCUT2D eigenvalue weighted by molar-refractivity contribution is 5.46. The molecule has 0 aliphatic carbocycles. The predicted octanol–water partition coefficient (Wildman–Crippen LogP) is 4.22. The highest BCUT2D eigenvalue weighted by atomic mass is 14.7. The monoisotopic (exact) mass is 253 g/mol. The summed E-state index contributed by atoms with van der Waals surface area (Å²) >= 11 is 0. The highest BCUT2D eigenvalue weighted by Crippen LogP contribution is 2.33. The van der Waals surface area contributed by atoms with Gasteiger partial charge in [0.2, 0.25) is 0 Å². The Morgan fingerprint density at radius 1 is 0.895 bits per heavy atom. The van der Waals surface area contributed by atoms with Crippen molar-refractivity contribution in [2.24, 2.45) is 5.73 Å². The van der Waals surface area contributed by atoms with E-state index in [1.807, 2.05) is 6.07 Å². The lowest BCUT2D eigenvalue weighted by atomic mass is 9.78. The molecule has 19 heavy (non-hydrogen) atoms. The van der Waals surface area contributed by atoms with E-state index in [0.29, 0.717) is 0 Å². The van der Waals surface area contributed by atoms with Crippen molar-refractivity contribution in [1.29, 1.82) is 0 Å². The second-order valence-electron chi connectivity index (χ2n) is 5.44. The Morgan fingerprint density at radius 3 is 2.05 bits per heavy atom. The fraction of sp³-hybridized carbons (Fsp3) is 0.333. The molecule has 0 saturated heterocycles. The number of benzene rings is 2. The van der Waals surface area contributed by atoms with Crippen LogP contribution in [0.25, 0.3) is 0 Å². The van der Waals surface area contributed by atoms with Crippen LogP contribution in [0.3, 0.4) is 0 Å². The predicted molar refractivity (Wildman–Crippen MR) is 82.4 cm³/mol. The van der Waals surface area contributed by atoms with Gasteiger partial charge in [-0.1, -0.05) is 49.4 Å². The molecule has 1 unspecified atom stereocenters. The van der Waals surface area contributed by atoms with E-state index in [-0.39, 0.29) is 0 Å². The van der Waals surface area contributed by atoms with Gasteiger partial charge in [-0.25, -0.2) is 0 Å². The lowest BCUT2D eigenvalue weighted by Crippen LogP contribution is -2.38. The molecule has 100 valence electrons. The lowest BCUT2D eigenvalue weighted by molar-refractivity contribution is 0.515. The van der Waals surface area contributed by atoms with Gasteiger partial charge in [-0.3, -0.25) is 0 Å². The van der Waals surface area contributed by atoms with Crippen molar-refractivity contribution in [2.45, 2.75) is 39.7 Å². The summed E-state index contributed by atoms with van der Waals surface area (Å²) in [5.74, 6) is 0. The van der Waals surface area contributed by atoms with Crippen molar-refractivity contribution in [2.75, 3.05) is 0 Å². The van der Waals surface area contributed by atoms with Gasteiger partial charge in [-0.05, 0) is 55.0 Å². The summed E-state index contributed by atoms with van der Waals surface area (Å²) in [5.41, 5.74) is 12.7. The molecular formula is C18H23N. The molecule has 0 aliphatic heterocycles. The van der Waals surface area contributed by atoms with Gasteiger partial charge < -0.3 is 5.73 Å².